The molecule has 0 aliphatic carbocycles. The molecule has 0 N–H and O–H groups in total. The van der Waals surface area contributed by atoms with E-state index in [1.54, 1.807) is 0 Å². The molecule has 0 saturated heterocycles. The van der Waals surface area contributed by atoms with Gasteiger partial charge in [-0.2, -0.15) is 0 Å². The van der Waals surface area contributed by atoms with E-state index in [0.29, 0.717) is 5.92 Å². The predicted molar refractivity (Wildman–Crippen MR) is 78.3 cm³/mol. The number of hydrogen-bond donors (Lipinski definition) is 0. The van der Waals surface area contributed by atoms with Crippen LogP contribution >= 0.6 is 0 Å². The van der Waals surface area contributed by atoms with Crippen molar-refractivity contribution in [3.8, 4) is 0 Å². The molecule has 94 valence electrons. The van der Waals surface area contributed by atoms with Gasteiger partial charge in [0.15, 0.2) is 0 Å². The first-order valence-electron chi connectivity index (χ1n) is 6.84. The Morgan fingerprint density at radius 2 is 1.71 bits per heavy atom. The lowest BCUT2D eigenvalue weighted by Gasteiger charge is -2.19. The van der Waals surface area contributed by atoms with E-state index in [1.165, 1.54) is 30.4 Å². The van der Waals surface area contributed by atoms with Gasteiger partial charge in [-0.25, -0.2) is 0 Å². The summed E-state index contributed by atoms with van der Waals surface area (Å²) in [6.45, 7) is 13.0. The monoisotopic (exact) mass is 230 g/mol. The van der Waals surface area contributed by atoms with Gasteiger partial charge in [0, 0.05) is 0 Å². The largest absolute Gasteiger partial charge is 0.0955 e. The van der Waals surface area contributed by atoms with E-state index in [0.717, 1.165) is 11.5 Å². The van der Waals surface area contributed by atoms with Gasteiger partial charge in [0.25, 0.3) is 0 Å². The SMILES string of the molecule is C=C(C)c1ccc(C(CC)CC(C)CC)cc1. The standard InChI is InChI=1S/C17H26/c1-6-14(5)12-15(7-2)17-10-8-16(9-11-17)13(3)4/h8-11,14-15H,3,6-7,12H2,1-2,4-5H3. The molecule has 0 radical (unpaired) electrons. The lowest BCUT2D eigenvalue weighted by molar-refractivity contribution is 0.447. The van der Waals surface area contributed by atoms with E-state index in [4.69, 9.17) is 0 Å². The summed E-state index contributed by atoms with van der Waals surface area (Å²) in [7, 11) is 0. The molecule has 0 saturated carbocycles. The summed E-state index contributed by atoms with van der Waals surface area (Å²) in [5.41, 5.74) is 3.89. The first kappa shape index (κ1) is 14.0. The van der Waals surface area contributed by atoms with Crippen LogP contribution in [-0.4, -0.2) is 0 Å². The van der Waals surface area contributed by atoms with Crippen LogP contribution in [0, 0.1) is 5.92 Å². The lowest BCUT2D eigenvalue weighted by atomic mass is 9.86. The van der Waals surface area contributed by atoms with Gasteiger partial charge in [-0.15, -0.1) is 0 Å². The maximum atomic E-state index is 3.98. The zero-order valence-electron chi connectivity index (χ0n) is 11.8. The first-order chi connectivity index (χ1) is 8.08. The molecule has 0 aliphatic rings. The minimum absolute atomic E-state index is 0.712. The highest BCUT2D eigenvalue weighted by molar-refractivity contribution is 5.61. The maximum absolute atomic E-state index is 3.98. The molecule has 0 heterocycles. The Labute approximate surface area is 107 Å². The van der Waals surface area contributed by atoms with Crippen LogP contribution in [0.25, 0.3) is 5.57 Å². The summed E-state index contributed by atoms with van der Waals surface area (Å²) in [5.74, 6) is 1.53. The molecule has 0 aliphatic heterocycles. The van der Waals surface area contributed by atoms with E-state index >= 15 is 0 Å². The molecule has 1 rings (SSSR count). The zero-order valence-corrected chi connectivity index (χ0v) is 11.8. The molecule has 0 nitrogen and oxygen atoms in total. The fraction of sp³-hybridized carbons (Fsp3) is 0.529. The van der Waals surface area contributed by atoms with E-state index < -0.39 is 0 Å². The van der Waals surface area contributed by atoms with Crippen molar-refractivity contribution in [2.75, 3.05) is 0 Å². The smallest absolute Gasteiger partial charge is 0.0162 e. The molecule has 0 fully saturated rings. The van der Waals surface area contributed by atoms with Gasteiger partial charge in [-0.05, 0) is 42.7 Å². The van der Waals surface area contributed by atoms with Crippen molar-refractivity contribution in [3.05, 3.63) is 42.0 Å². The Morgan fingerprint density at radius 1 is 1.12 bits per heavy atom. The Morgan fingerprint density at radius 3 is 2.12 bits per heavy atom. The average molecular weight is 230 g/mol. The highest BCUT2D eigenvalue weighted by Gasteiger charge is 2.12. The number of rotatable bonds is 6. The van der Waals surface area contributed by atoms with Crippen molar-refractivity contribution in [2.24, 2.45) is 5.92 Å². The highest BCUT2D eigenvalue weighted by Crippen LogP contribution is 2.29. The molecular formula is C17H26. The van der Waals surface area contributed by atoms with Crippen LogP contribution in [0.15, 0.2) is 30.8 Å². The van der Waals surface area contributed by atoms with Crippen LogP contribution in [0.1, 0.15) is 64.0 Å². The van der Waals surface area contributed by atoms with E-state index in [1.807, 2.05) is 0 Å². The third-order valence-corrected chi connectivity index (χ3v) is 3.75. The summed E-state index contributed by atoms with van der Waals surface area (Å²) in [5, 5.41) is 0. The predicted octanol–water partition coefficient (Wildman–Crippen LogP) is 5.65. The van der Waals surface area contributed by atoms with Gasteiger partial charge in [-0.1, -0.05) is 63.6 Å². The average Bonchev–Trinajstić information content (AvgIpc) is 2.35. The van der Waals surface area contributed by atoms with Crippen LogP contribution in [0.3, 0.4) is 0 Å². The van der Waals surface area contributed by atoms with Crippen LogP contribution in [-0.2, 0) is 0 Å². The van der Waals surface area contributed by atoms with Crippen molar-refractivity contribution in [3.63, 3.8) is 0 Å². The van der Waals surface area contributed by atoms with E-state index in [9.17, 15) is 0 Å². The highest BCUT2D eigenvalue weighted by atomic mass is 14.2. The summed E-state index contributed by atoms with van der Waals surface area (Å²) in [6.07, 6.45) is 3.82. The molecule has 0 amide bonds. The van der Waals surface area contributed by atoms with Gasteiger partial charge in [0.2, 0.25) is 0 Å². The molecule has 2 atom stereocenters. The fourth-order valence-corrected chi connectivity index (χ4v) is 2.23. The summed E-state index contributed by atoms with van der Waals surface area (Å²) >= 11 is 0. The Bertz CT molecular complexity index is 345. The number of hydrogen-bond acceptors (Lipinski definition) is 0. The van der Waals surface area contributed by atoms with Gasteiger partial charge >= 0.3 is 0 Å². The quantitative estimate of drug-likeness (QED) is 0.592. The number of benzene rings is 1. The number of allylic oxidation sites excluding steroid dienone is 1. The lowest BCUT2D eigenvalue weighted by Crippen LogP contribution is -2.03. The Hall–Kier alpha value is -1.04. The maximum Gasteiger partial charge on any atom is -0.0162 e. The minimum atomic E-state index is 0.712. The fourth-order valence-electron chi connectivity index (χ4n) is 2.23. The van der Waals surface area contributed by atoms with Gasteiger partial charge in [-0.3, -0.25) is 0 Å². The molecular weight excluding hydrogens is 204 g/mol. The third kappa shape index (κ3) is 4.03. The van der Waals surface area contributed by atoms with Crippen LogP contribution in [0.2, 0.25) is 0 Å². The zero-order chi connectivity index (χ0) is 12.8. The van der Waals surface area contributed by atoms with Crippen molar-refractivity contribution in [1.82, 2.24) is 0 Å². The van der Waals surface area contributed by atoms with Crippen molar-refractivity contribution in [2.45, 2.75) is 52.9 Å². The summed E-state index contributed by atoms with van der Waals surface area (Å²) in [6, 6.07) is 8.97. The topological polar surface area (TPSA) is 0 Å². The Balaban J connectivity index is 2.78. The second-order valence-corrected chi connectivity index (χ2v) is 5.26. The summed E-state index contributed by atoms with van der Waals surface area (Å²) < 4.78 is 0. The molecule has 0 heteroatoms. The molecule has 1 aromatic carbocycles. The van der Waals surface area contributed by atoms with Gasteiger partial charge in [0.05, 0.1) is 0 Å². The van der Waals surface area contributed by atoms with E-state index in [2.05, 4.69) is 58.5 Å². The van der Waals surface area contributed by atoms with Gasteiger partial charge < -0.3 is 0 Å². The normalized spacial score (nSPS) is 14.4. The van der Waals surface area contributed by atoms with Crippen molar-refractivity contribution >= 4 is 5.57 Å². The first-order valence-corrected chi connectivity index (χ1v) is 6.84. The minimum Gasteiger partial charge on any atom is -0.0955 e. The van der Waals surface area contributed by atoms with Crippen molar-refractivity contribution in [1.29, 1.82) is 0 Å². The molecule has 1 aromatic rings. The van der Waals surface area contributed by atoms with Crippen LogP contribution in [0.5, 0.6) is 0 Å². The van der Waals surface area contributed by atoms with E-state index in [-0.39, 0.29) is 0 Å². The Kier molecular flexibility index (Phi) is 5.47. The van der Waals surface area contributed by atoms with Crippen LogP contribution < -0.4 is 0 Å². The second kappa shape index (κ2) is 6.64. The molecule has 0 bridgehead atoms. The van der Waals surface area contributed by atoms with Crippen LogP contribution in [0.4, 0.5) is 0 Å². The molecule has 2 unspecified atom stereocenters. The molecule has 0 spiro atoms. The third-order valence-electron chi connectivity index (χ3n) is 3.75. The van der Waals surface area contributed by atoms with Gasteiger partial charge in [0.1, 0.15) is 0 Å². The second-order valence-electron chi connectivity index (χ2n) is 5.26. The molecule has 0 aromatic heterocycles. The van der Waals surface area contributed by atoms with Crippen molar-refractivity contribution < 1.29 is 0 Å². The summed E-state index contributed by atoms with van der Waals surface area (Å²) in [4.78, 5) is 0. The molecule has 17 heavy (non-hydrogen) atoms.